The third-order valence-corrected chi connectivity index (χ3v) is 4.64. The number of carbonyl (C=O) groups excluding carboxylic acids is 1. The first-order chi connectivity index (χ1) is 10.5. The predicted molar refractivity (Wildman–Crippen MR) is 82.4 cm³/mol. The first kappa shape index (κ1) is 17.1. The quantitative estimate of drug-likeness (QED) is 0.556. The number of fused-ring (bicyclic) bond motifs is 1. The van der Waals surface area contributed by atoms with Crippen molar-refractivity contribution in [1.82, 2.24) is 0 Å². The van der Waals surface area contributed by atoms with Crippen LogP contribution in [0, 0.1) is 0 Å². The zero-order valence-corrected chi connectivity index (χ0v) is 13.1. The maximum Gasteiger partial charge on any atom is 0.295 e. The Hall–Kier alpha value is -2.27. The summed E-state index contributed by atoms with van der Waals surface area (Å²) in [6.45, 7) is 3.28. The fourth-order valence-electron chi connectivity index (χ4n) is 1.94. The van der Waals surface area contributed by atoms with E-state index in [0.29, 0.717) is 6.07 Å². The van der Waals surface area contributed by atoms with Crippen molar-refractivity contribution in [1.29, 1.82) is 0 Å². The molecule has 0 aliphatic heterocycles. The molecule has 3 N–H and O–H groups in total. The molecule has 2 aromatic rings. The number of anilines is 1. The summed E-state index contributed by atoms with van der Waals surface area (Å²) in [6, 6.07) is 5.61. The summed E-state index contributed by atoms with van der Waals surface area (Å²) in [7, 11) is -9.43. The fraction of sp³-hybridized carbons (Fsp3) is 0. The van der Waals surface area contributed by atoms with Crippen LogP contribution in [-0.2, 0) is 25.0 Å². The summed E-state index contributed by atoms with van der Waals surface area (Å²) in [6.07, 6.45) is 1.02. The largest absolute Gasteiger partial charge is 0.323 e. The second-order valence-electron chi connectivity index (χ2n) is 4.50. The molecule has 0 radical (unpaired) electrons. The number of carbonyl (C=O) groups is 1. The van der Waals surface area contributed by atoms with Gasteiger partial charge in [-0.25, -0.2) is 0 Å². The van der Waals surface area contributed by atoms with Crippen LogP contribution in [0.4, 0.5) is 5.69 Å². The van der Waals surface area contributed by atoms with Gasteiger partial charge < -0.3 is 5.32 Å². The van der Waals surface area contributed by atoms with Gasteiger partial charge in [0.2, 0.25) is 5.91 Å². The molecule has 0 bridgehead atoms. The van der Waals surface area contributed by atoms with E-state index in [0.717, 1.165) is 12.1 Å². The van der Waals surface area contributed by atoms with Crippen LogP contribution >= 0.6 is 0 Å². The molecule has 8 nitrogen and oxygen atoms in total. The van der Waals surface area contributed by atoms with Crippen molar-refractivity contribution in [2.24, 2.45) is 0 Å². The lowest BCUT2D eigenvalue weighted by atomic mass is 10.1. The molecule has 0 aliphatic rings. The van der Waals surface area contributed by atoms with Crippen molar-refractivity contribution < 1.29 is 30.7 Å². The molecule has 2 rings (SSSR count). The van der Waals surface area contributed by atoms with Crippen LogP contribution in [0.15, 0.2) is 52.8 Å². The highest BCUT2D eigenvalue weighted by Crippen LogP contribution is 2.29. The Morgan fingerprint density at radius 2 is 1.70 bits per heavy atom. The van der Waals surface area contributed by atoms with Gasteiger partial charge in [0.15, 0.2) is 0 Å². The Kier molecular flexibility index (Phi) is 4.26. The van der Waals surface area contributed by atoms with Gasteiger partial charge in [0.25, 0.3) is 20.2 Å². The molecule has 0 unspecified atom stereocenters. The number of benzene rings is 2. The number of hydrogen-bond acceptors (Lipinski definition) is 5. The maximum absolute atomic E-state index is 11.4. The van der Waals surface area contributed by atoms with Gasteiger partial charge in [-0.1, -0.05) is 12.6 Å². The molecule has 0 heterocycles. The lowest BCUT2D eigenvalue weighted by Gasteiger charge is -2.09. The molecule has 0 fully saturated rings. The summed E-state index contributed by atoms with van der Waals surface area (Å²) in [5, 5.41) is 2.52. The molecular weight excluding hydrogens is 346 g/mol. The van der Waals surface area contributed by atoms with E-state index in [9.17, 15) is 26.2 Å². The van der Waals surface area contributed by atoms with Gasteiger partial charge in [0, 0.05) is 11.1 Å². The summed E-state index contributed by atoms with van der Waals surface area (Å²) >= 11 is 0. The average Bonchev–Trinajstić information content (AvgIpc) is 2.43. The highest BCUT2D eigenvalue weighted by atomic mass is 32.2. The third kappa shape index (κ3) is 3.74. The van der Waals surface area contributed by atoms with Gasteiger partial charge in [-0.3, -0.25) is 13.9 Å². The van der Waals surface area contributed by atoms with E-state index < -0.39 is 35.9 Å². The second kappa shape index (κ2) is 5.74. The topological polar surface area (TPSA) is 138 Å². The van der Waals surface area contributed by atoms with Crippen LogP contribution in [0.2, 0.25) is 0 Å². The first-order valence-electron chi connectivity index (χ1n) is 5.98. The van der Waals surface area contributed by atoms with E-state index in [-0.39, 0.29) is 16.5 Å². The zero-order chi connectivity index (χ0) is 17.4. The number of rotatable bonds is 4. The summed E-state index contributed by atoms with van der Waals surface area (Å²) in [5.74, 6) is -0.523. The zero-order valence-electron chi connectivity index (χ0n) is 11.4. The van der Waals surface area contributed by atoms with Crippen LogP contribution in [0.25, 0.3) is 10.8 Å². The van der Waals surface area contributed by atoms with Gasteiger partial charge >= 0.3 is 0 Å². The predicted octanol–water partition coefficient (Wildman–Crippen LogP) is 1.46. The lowest BCUT2D eigenvalue weighted by molar-refractivity contribution is -0.111. The van der Waals surface area contributed by atoms with Crippen molar-refractivity contribution in [3.63, 3.8) is 0 Å². The Balaban J connectivity index is 2.80. The van der Waals surface area contributed by atoms with Gasteiger partial charge in [-0.15, -0.1) is 0 Å². The van der Waals surface area contributed by atoms with Crippen LogP contribution in [0.1, 0.15) is 0 Å². The normalized spacial score (nSPS) is 12.1. The molecule has 0 saturated carbocycles. The van der Waals surface area contributed by atoms with E-state index in [1.807, 2.05) is 0 Å². The van der Waals surface area contributed by atoms with Crippen molar-refractivity contribution in [2.45, 2.75) is 9.79 Å². The van der Waals surface area contributed by atoms with E-state index in [1.54, 1.807) is 0 Å². The van der Waals surface area contributed by atoms with Gasteiger partial charge in [-0.05, 0) is 35.7 Å². The van der Waals surface area contributed by atoms with E-state index >= 15 is 0 Å². The Morgan fingerprint density at radius 3 is 2.22 bits per heavy atom. The molecule has 0 atom stereocenters. The summed E-state index contributed by atoms with van der Waals surface area (Å²) in [4.78, 5) is 9.89. The van der Waals surface area contributed by atoms with E-state index in [1.165, 1.54) is 18.2 Å². The van der Waals surface area contributed by atoms with E-state index in [4.69, 9.17) is 4.55 Å². The second-order valence-corrected chi connectivity index (χ2v) is 7.31. The van der Waals surface area contributed by atoms with Crippen molar-refractivity contribution in [3.8, 4) is 0 Å². The van der Waals surface area contributed by atoms with Gasteiger partial charge in [0.1, 0.15) is 4.90 Å². The lowest BCUT2D eigenvalue weighted by Crippen LogP contribution is -2.08. The Morgan fingerprint density at radius 1 is 1.04 bits per heavy atom. The Labute approximate surface area is 131 Å². The monoisotopic (exact) mass is 357 g/mol. The van der Waals surface area contributed by atoms with Crippen LogP contribution in [-0.4, -0.2) is 31.8 Å². The fourth-order valence-corrected chi connectivity index (χ4v) is 3.30. The van der Waals surface area contributed by atoms with Gasteiger partial charge in [0.05, 0.1) is 4.90 Å². The van der Waals surface area contributed by atoms with E-state index in [2.05, 4.69) is 11.9 Å². The third-order valence-electron chi connectivity index (χ3n) is 2.92. The molecule has 122 valence electrons. The SMILES string of the molecule is C=CC(=O)Nc1ccc2c(S(=O)(=O)O)cc(S(=O)(=O)O)cc2c1. The summed E-state index contributed by atoms with van der Waals surface area (Å²) < 4.78 is 63.7. The van der Waals surface area contributed by atoms with Crippen molar-refractivity contribution in [2.75, 3.05) is 5.32 Å². The minimum absolute atomic E-state index is 0.0245. The molecule has 0 saturated heterocycles. The molecule has 2 aromatic carbocycles. The summed E-state index contributed by atoms with van der Waals surface area (Å²) in [5.41, 5.74) is 0.246. The van der Waals surface area contributed by atoms with Crippen molar-refractivity contribution >= 4 is 42.6 Å². The minimum Gasteiger partial charge on any atom is -0.323 e. The molecule has 0 spiro atoms. The molecule has 23 heavy (non-hydrogen) atoms. The number of hydrogen-bond donors (Lipinski definition) is 3. The standard InChI is InChI=1S/C13H11NO7S2/c1-2-13(15)14-9-3-4-11-8(5-9)6-10(22(16,17)18)7-12(11)23(19,20)21/h2-7H,1H2,(H,14,15)(H,16,17,18)(H,19,20,21). The number of amides is 1. The molecule has 10 heteroatoms. The molecule has 0 aromatic heterocycles. The molecule has 0 aliphatic carbocycles. The Bertz CT molecular complexity index is 1020. The van der Waals surface area contributed by atoms with Crippen LogP contribution in [0.5, 0.6) is 0 Å². The van der Waals surface area contributed by atoms with Gasteiger partial charge in [-0.2, -0.15) is 16.8 Å². The maximum atomic E-state index is 11.4. The number of nitrogens with one attached hydrogen (secondary N) is 1. The average molecular weight is 357 g/mol. The molecular formula is C13H11NO7S2. The van der Waals surface area contributed by atoms with Crippen LogP contribution < -0.4 is 5.32 Å². The van der Waals surface area contributed by atoms with Crippen LogP contribution in [0.3, 0.4) is 0 Å². The highest BCUT2D eigenvalue weighted by molar-refractivity contribution is 7.86. The minimum atomic E-state index is -4.73. The molecule has 1 amide bonds. The van der Waals surface area contributed by atoms with Crippen molar-refractivity contribution in [3.05, 3.63) is 43.0 Å². The first-order valence-corrected chi connectivity index (χ1v) is 8.86. The highest BCUT2D eigenvalue weighted by Gasteiger charge is 2.20. The smallest absolute Gasteiger partial charge is 0.295 e.